The predicted octanol–water partition coefficient (Wildman–Crippen LogP) is 2.31. The van der Waals surface area contributed by atoms with Crippen LogP contribution in [0.5, 0.6) is 0 Å². The molecule has 1 aromatic rings. The van der Waals surface area contributed by atoms with Gasteiger partial charge in [-0.1, -0.05) is 6.07 Å². The zero-order valence-electron chi connectivity index (χ0n) is 10.9. The Labute approximate surface area is 111 Å². The lowest BCUT2D eigenvalue weighted by molar-refractivity contribution is 0.0896. The number of nitrogens with two attached hydrogens (primary N) is 1. The molecule has 0 radical (unpaired) electrons. The Hall–Kier alpha value is -1.23. The van der Waals surface area contributed by atoms with E-state index in [-0.39, 0.29) is 13.0 Å². The van der Waals surface area contributed by atoms with E-state index in [0.29, 0.717) is 11.4 Å². The first-order valence-electron chi connectivity index (χ1n) is 6.89. The molecule has 1 aromatic heterocycles. The summed E-state index contributed by atoms with van der Waals surface area (Å²) in [6, 6.07) is 3.50. The number of nitrogens with zero attached hydrogens (tertiary/aromatic N) is 2. The first-order chi connectivity index (χ1) is 9.11. The van der Waals surface area contributed by atoms with Crippen molar-refractivity contribution in [3.8, 4) is 0 Å². The van der Waals surface area contributed by atoms with Crippen LogP contribution in [0, 0.1) is 0 Å². The Morgan fingerprint density at radius 2 is 1.95 bits per heavy atom. The van der Waals surface area contributed by atoms with Crippen molar-refractivity contribution in [2.24, 2.45) is 5.73 Å². The molecule has 0 aromatic carbocycles. The summed E-state index contributed by atoms with van der Waals surface area (Å²) in [4.78, 5) is 6.49. The van der Waals surface area contributed by atoms with Crippen LogP contribution in [0.1, 0.15) is 31.2 Å². The number of alkyl halides is 2. The fourth-order valence-corrected chi connectivity index (χ4v) is 3.09. The number of piperidine rings is 1. The third kappa shape index (κ3) is 1.91. The summed E-state index contributed by atoms with van der Waals surface area (Å²) in [5.74, 6) is -1.97. The van der Waals surface area contributed by atoms with Gasteiger partial charge in [0.05, 0.1) is 5.41 Å². The number of anilines is 1. The zero-order chi connectivity index (χ0) is 13.5. The molecule has 2 N–H and O–H groups in total. The molecule has 2 heterocycles. The molecule has 5 heteroatoms. The largest absolute Gasteiger partial charge is 0.356 e. The molecule has 2 aliphatic rings. The van der Waals surface area contributed by atoms with E-state index < -0.39 is 11.3 Å². The Kier molecular flexibility index (Phi) is 2.96. The lowest BCUT2D eigenvalue weighted by Crippen LogP contribution is -2.34. The summed E-state index contributed by atoms with van der Waals surface area (Å²) in [7, 11) is 0. The lowest BCUT2D eigenvalue weighted by Gasteiger charge is -2.31. The van der Waals surface area contributed by atoms with E-state index in [9.17, 15) is 8.78 Å². The monoisotopic (exact) mass is 267 g/mol. The van der Waals surface area contributed by atoms with Gasteiger partial charge in [0.15, 0.2) is 0 Å². The fourth-order valence-electron chi connectivity index (χ4n) is 3.09. The van der Waals surface area contributed by atoms with Gasteiger partial charge in [-0.3, -0.25) is 0 Å². The summed E-state index contributed by atoms with van der Waals surface area (Å²) in [5.41, 5.74) is 5.09. The average Bonchev–Trinajstić information content (AvgIpc) is 3.03. The molecule has 19 heavy (non-hydrogen) atoms. The van der Waals surface area contributed by atoms with Gasteiger partial charge in [-0.15, -0.1) is 0 Å². The van der Waals surface area contributed by atoms with Crippen LogP contribution in [0.25, 0.3) is 0 Å². The normalized spacial score (nSPS) is 29.3. The van der Waals surface area contributed by atoms with Crippen LogP contribution in [-0.2, 0) is 5.41 Å². The Bertz CT molecular complexity index is 472. The third-order valence-electron chi connectivity index (χ3n) is 4.41. The standard InChI is InChI=1S/C14H19F2N3/c15-14(16)9-13(14,10-17)11-5-4-6-18-12(11)19-7-2-1-3-8-19/h4-6H,1-3,7-10,17H2. The average molecular weight is 267 g/mol. The Balaban J connectivity index is 1.98. The van der Waals surface area contributed by atoms with E-state index in [1.54, 1.807) is 18.3 Å². The predicted molar refractivity (Wildman–Crippen MR) is 70.6 cm³/mol. The molecule has 3 nitrogen and oxygen atoms in total. The van der Waals surface area contributed by atoms with Gasteiger partial charge in [0.1, 0.15) is 5.82 Å². The van der Waals surface area contributed by atoms with Crippen molar-refractivity contribution in [1.82, 2.24) is 4.98 Å². The van der Waals surface area contributed by atoms with Crippen molar-refractivity contribution in [3.05, 3.63) is 23.9 Å². The molecule has 1 saturated carbocycles. The van der Waals surface area contributed by atoms with Crippen molar-refractivity contribution in [2.75, 3.05) is 24.5 Å². The molecule has 1 atom stereocenters. The number of hydrogen-bond donors (Lipinski definition) is 1. The van der Waals surface area contributed by atoms with Crippen molar-refractivity contribution in [2.45, 2.75) is 37.0 Å². The van der Waals surface area contributed by atoms with E-state index in [4.69, 9.17) is 5.73 Å². The smallest absolute Gasteiger partial charge is 0.260 e. The quantitative estimate of drug-likeness (QED) is 0.913. The molecule has 2 fully saturated rings. The van der Waals surface area contributed by atoms with Gasteiger partial charge < -0.3 is 10.6 Å². The first-order valence-corrected chi connectivity index (χ1v) is 6.89. The highest BCUT2D eigenvalue weighted by Crippen LogP contribution is 2.62. The van der Waals surface area contributed by atoms with E-state index >= 15 is 0 Å². The summed E-state index contributed by atoms with van der Waals surface area (Å²) in [5, 5.41) is 0. The molecule has 0 amide bonds. The van der Waals surface area contributed by atoms with Gasteiger partial charge in [0.25, 0.3) is 5.92 Å². The van der Waals surface area contributed by atoms with Crippen molar-refractivity contribution in [3.63, 3.8) is 0 Å². The third-order valence-corrected chi connectivity index (χ3v) is 4.41. The Morgan fingerprint density at radius 1 is 1.26 bits per heavy atom. The van der Waals surface area contributed by atoms with Gasteiger partial charge >= 0.3 is 0 Å². The number of pyridine rings is 1. The number of halogens is 2. The summed E-state index contributed by atoms with van der Waals surface area (Å²) >= 11 is 0. The van der Waals surface area contributed by atoms with Gasteiger partial charge in [-0.25, -0.2) is 13.8 Å². The highest BCUT2D eigenvalue weighted by Gasteiger charge is 2.72. The second-order valence-electron chi connectivity index (χ2n) is 5.59. The molecular weight excluding hydrogens is 248 g/mol. The molecule has 0 spiro atoms. The molecule has 0 bridgehead atoms. The number of rotatable bonds is 3. The molecule has 1 saturated heterocycles. The van der Waals surface area contributed by atoms with Crippen LogP contribution in [-0.4, -0.2) is 30.5 Å². The van der Waals surface area contributed by atoms with E-state index in [2.05, 4.69) is 9.88 Å². The van der Waals surface area contributed by atoms with E-state index in [1.165, 1.54) is 6.42 Å². The summed E-state index contributed by atoms with van der Waals surface area (Å²) < 4.78 is 27.5. The topological polar surface area (TPSA) is 42.1 Å². The zero-order valence-corrected chi connectivity index (χ0v) is 10.9. The van der Waals surface area contributed by atoms with Crippen LogP contribution in [0.3, 0.4) is 0 Å². The molecule has 3 rings (SSSR count). The van der Waals surface area contributed by atoms with Crippen LogP contribution < -0.4 is 10.6 Å². The summed E-state index contributed by atoms with van der Waals surface area (Å²) in [6.07, 6.45) is 4.93. The second-order valence-corrected chi connectivity index (χ2v) is 5.59. The van der Waals surface area contributed by atoms with Crippen molar-refractivity contribution in [1.29, 1.82) is 0 Å². The minimum atomic E-state index is -2.69. The SMILES string of the molecule is NCC1(c2cccnc2N2CCCCC2)CC1(F)F. The van der Waals surface area contributed by atoms with Gasteiger partial charge in [-0.05, 0) is 25.3 Å². The Morgan fingerprint density at radius 3 is 2.53 bits per heavy atom. The van der Waals surface area contributed by atoms with Crippen LogP contribution in [0.2, 0.25) is 0 Å². The fraction of sp³-hybridized carbons (Fsp3) is 0.643. The maximum Gasteiger partial charge on any atom is 0.260 e. The number of hydrogen-bond acceptors (Lipinski definition) is 3. The van der Waals surface area contributed by atoms with Crippen molar-refractivity contribution >= 4 is 5.82 Å². The minimum absolute atomic E-state index is 0.0213. The highest BCUT2D eigenvalue weighted by atomic mass is 19.3. The maximum atomic E-state index is 13.8. The molecule has 1 aliphatic carbocycles. The van der Waals surface area contributed by atoms with Crippen molar-refractivity contribution < 1.29 is 8.78 Å². The van der Waals surface area contributed by atoms with Crippen LogP contribution in [0.4, 0.5) is 14.6 Å². The van der Waals surface area contributed by atoms with Gasteiger partial charge in [-0.2, -0.15) is 0 Å². The first kappa shape index (κ1) is 12.8. The highest BCUT2D eigenvalue weighted by molar-refractivity contribution is 5.56. The van der Waals surface area contributed by atoms with Gasteiger partial charge in [0, 0.05) is 37.8 Å². The van der Waals surface area contributed by atoms with E-state index in [0.717, 1.165) is 25.9 Å². The maximum absolute atomic E-state index is 13.8. The summed E-state index contributed by atoms with van der Waals surface area (Å²) in [6.45, 7) is 1.78. The van der Waals surface area contributed by atoms with Crippen LogP contribution >= 0.6 is 0 Å². The molecule has 104 valence electrons. The minimum Gasteiger partial charge on any atom is -0.356 e. The lowest BCUT2D eigenvalue weighted by atomic mass is 9.95. The number of aromatic nitrogens is 1. The molecule has 1 unspecified atom stereocenters. The van der Waals surface area contributed by atoms with Gasteiger partial charge in [0.2, 0.25) is 0 Å². The molecule has 1 aliphatic heterocycles. The van der Waals surface area contributed by atoms with E-state index in [1.807, 2.05) is 0 Å². The second kappa shape index (κ2) is 4.40. The molecular formula is C14H19F2N3. The van der Waals surface area contributed by atoms with Crippen LogP contribution in [0.15, 0.2) is 18.3 Å².